The van der Waals surface area contributed by atoms with Crippen molar-refractivity contribution in [1.29, 1.82) is 0 Å². The minimum atomic E-state index is -0.586. The molecule has 6 aliphatic carbocycles. The van der Waals surface area contributed by atoms with E-state index in [1.807, 2.05) is 0 Å². The second kappa shape index (κ2) is 8.27. The molecule has 6 rings (SSSR count). The molecule has 14 atom stereocenters. The van der Waals surface area contributed by atoms with Gasteiger partial charge in [0.25, 0.3) is 0 Å². The zero-order valence-electron chi connectivity index (χ0n) is 19.3. The molecule has 0 saturated heterocycles. The van der Waals surface area contributed by atoms with E-state index in [1.165, 1.54) is 49.2 Å². The molecule has 0 amide bonds. The van der Waals surface area contributed by atoms with E-state index in [2.05, 4.69) is 0 Å². The van der Waals surface area contributed by atoms with Gasteiger partial charge in [-0.2, -0.15) is 0 Å². The number of aliphatic hydroxyl groups excluding tert-OH is 2. The molecule has 0 aromatic carbocycles. The molecule has 6 saturated carbocycles. The molecule has 0 radical (unpaired) electrons. The van der Waals surface area contributed by atoms with Crippen molar-refractivity contribution in [3.63, 3.8) is 0 Å². The summed E-state index contributed by atoms with van der Waals surface area (Å²) in [5.74, 6) is 5.76. The molecule has 6 heteroatoms. The molecule has 6 aliphatic rings. The quantitative estimate of drug-likeness (QED) is 0.611. The summed E-state index contributed by atoms with van der Waals surface area (Å²) in [6, 6.07) is 0. The lowest BCUT2D eigenvalue weighted by Crippen LogP contribution is -2.45. The van der Waals surface area contributed by atoms with E-state index < -0.39 is 12.2 Å². The monoisotopic (exact) mass is 478 g/mol. The van der Waals surface area contributed by atoms with Gasteiger partial charge in [0.1, 0.15) is 0 Å². The van der Waals surface area contributed by atoms with Crippen LogP contribution in [0.1, 0.15) is 65.2 Å². The normalized spacial score (nSPS) is 52.2. The summed E-state index contributed by atoms with van der Waals surface area (Å²) in [4.78, 5) is 23.2. The highest BCUT2D eigenvalue weighted by atomic mass is 32.2. The predicted molar refractivity (Wildman–Crippen MR) is 128 cm³/mol. The van der Waals surface area contributed by atoms with Crippen molar-refractivity contribution in [2.45, 2.75) is 87.9 Å². The van der Waals surface area contributed by atoms with Gasteiger partial charge in [0.05, 0.1) is 12.2 Å². The van der Waals surface area contributed by atoms with Crippen LogP contribution in [-0.4, -0.2) is 43.2 Å². The molecule has 14 unspecified atom stereocenters. The van der Waals surface area contributed by atoms with E-state index in [9.17, 15) is 19.8 Å². The van der Waals surface area contributed by atoms with Gasteiger partial charge < -0.3 is 10.2 Å². The minimum Gasteiger partial charge on any atom is -0.390 e. The second-order valence-corrected chi connectivity index (χ2v) is 15.1. The Labute approximate surface area is 200 Å². The van der Waals surface area contributed by atoms with Gasteiger partial charge in [0, 0.05) is 24.3 Å². The third-order valence-electron chi connectivity index (χ3n) is 10.8. The molecule has 0 heterocycles. The lowest BCUT2D eigenvalue weighted by Gasteiger charge is -2.40. The lowest BCUT2D eigenvalue weighted by atomic mass is 9.68. The molecular formula is C26H38O4S2. The number of fused-ring (bicyclic) bond motifs is 10. The summed E-state index contributed by atoms with van der Waals surface area (Å²) in [5, 5.41) is 24.2. The number of thioether (sulfide) groups is 2. The van der Waals surface area contributed by atoms with Gasteiger partial charge in [0.15, 0.2) is 10.2 Å². The maximum atomic E-state index is 11.6. The maximum Gasteiger partial charge on any atom is 0.186 e. The zero-order chi connectivity index (χ0) is 22.3. The van der Waals surface area contributed by atoms with E-state index in [0.29, 0.717) is 46.0 Å². The summed E-state index contributed by atoms with van der Waals surface area (Å²) < 4.78 is 0. The molecule has 2 N–H and O–H groups in total. The summed E-state index contributed by atoms with van der Waals surface area (Å²) in [6.45, 7) is 3.36. The smallest absolute Gasteiger partial charge is 0.186 e. The van der Waals surface area contributed by atoms with Crippen LogP contribution in [0, 0.1) is 59.2 Å². The Morgan fingerprint density at radius 2 is 0.969 bits per heavy atom. The van der Waals surface area contributed by atoms with Gasteiger partial charge in [0.2, 0.25) is 0 Å². The van der Waals surface area contributed by atoms with Crippen molar-refractivity contribution in [3.05, 3.63) is 0 Å². The SMILES string of the molecule is CC(=O)SC1CC2C3CC(C(O)C(O)C4CC5CC4C4CC(SC(C)=O)CC54)C(C3)C2C1. The van der Waals surface area contributed by atoms with Crippen LogP contribution in [0.15, 0.2) is 0 Å². The van der Waals surface area contributed by atoms with Crippen molar-refractivity contribution in [1.82, 2.24) is 0 Å². The number of aliphatic hydroxyl groups is 2. The summed E-state index contributed by atoms with van der Waals surface area (Å²) in [6.07, 6.45) is 8.04. The topological polar surface area (TPSA) is 74.6 Å². The van der Waals surface area contributed by atoms with Crippen molar-refractivity contribution >= 4 is 33.8 Å². The fourth-order valence-electron chi connectivity index (χ4n) is 10.1. The van der Waals surface area contributed by atoms with Crippen LogP contribution in [0.3, 0.4) is 0 Å². The Balaban J connectivity index is 1.10. The first-order chi connectivity index (χ1) is 15.3. The van der Waals surface area contributed by atoms with Crippen LogP contribution >= 0.6 is 23.5 Å². The third-order valence-corrected chi connectivity index (χ3v) is 12.9. The molecule has 32 heavy (non-hydrogen) atoms. The van der Waals surface area contributed by atoms with Gasteiger partial charge in [-0.05, 0) is 111 Å². The number of rotatable bonds is 5. The molecule has 0 aromatic rings. The lowest BCUT2D eigenvalue weighted by molar-refractivity contribution is -0.110. The highest BCUT2D eigenvalue weighted by molar-refractivity contribution is 8.14. The van der Waals surface area contributed by atoms with Crippen molar-refractivity contribution < 1.29 is 19.8 Å². The molecule has 0 spiro atoms. The fourth-order valence-corrected chi connectivity index (χ4v) is 12.3. The molecule has 6 fully saturated rings. The first kappa shape index (κ1) is 22.4. The molecular weight excluding hydrogens is 440 g/mol. The van der Waals surface area contributed by atoms with Crippen LogP contribution in [0.25, 0.3) is 0 Å². The van der Waals surface area contributed by atoms with E-state index in [1.54, 1.807) is 13.8 Å². The summed E-state index contributed by atoms with van der Waals surface area (Å²) >= 11 is 3.07. The van der Waals surface area contributed by atoms with Gasteiger partial charge in [-0.25, -0.2) is 0 Å². The number of hydrogen-bond acceptors (Lipinski definition) is 6. The maximum absolute atomic E-state index is 11.6. The molecule has 4 bridgehead atoms. The van der Waals surface area contributed by atoms with Crippen molar-refractivity contribution in [2.75, 3.05) is 0 Å². The van der Waals surface area contributed by atoms with Crippen LogP contribution < -0.4 is 0 Å². The molecule has 178 valence electrons. The summed E-state index contributed by atoms with van der Waals surface area (Å²) in [5.41, 5.74) is 0. The van der Waals surface area contributed by atoms with E-state index >= 15 is 0 Å². The third kappa shape index (κ3) is 3.56. The Bertz CT molecular complexity index is 724. The van der Waals surface area contributed by atoms with Crippen molar-refractivity contribution in [3.8, 4) is 0 Å². The molecule has 4 nitrogen and oxygen atoms in total. The zero-order valence-corrected chi connectivity index (χ0v) is 20.9. The first-order valence-corrected chi connectivity index (χ1v) is 14.8. The van der Waals surface area contributed by atoms with Crippen LogP contribution in [0.5, 0.6) is 0 Å². The molecule has 0 aliphatic heterocycles. The highest BCUT2D eigenvalue weighted by Crippen LogP contribution is 2.65. The second-order valence-electron chi connectivity index (χ2n) is 12.2. The van der Waals surface area contributed by atoms with Gasteiger partial charge in [-0.1, -0.05) is 23.5 Å². The van der Waals surface area contributed by atoms with Crippen LogP contribution in [0.4, 0.5) is 0 Å². The summed E-state index contributed by atoms with van der Waals surface area (Å²) in [7, 11) is 0. The van der Waals surface area contributed by atoms with Gasteiger partial charge >= 0.3 is 0 Å². The first-order valence-electron chi connectivity index (χ1n) is 13.0. The molecule has 0 aromatic heterocycles. The van der Waals surface area contributed by atoms with Crippen LogP contribution in [-0.2, 0) is 9.59 Å². The number of carbonyl (C=O) groups is 2. The van der Waals surface area contributed by atoms with E-state index in [0.717, 1.165) is 37.5 Å². The average molecular weight is 479 g/mol. The minimum absolute atomic E-state index is 0.236. The number of hydrogen-bond donors (Lipinski definition) is 2. The van der Waals surface area contributed by atoms with Gasteiger partial charge in [-0.3, -0.25) is 9.59 Å². The van der Waals surface area contributed by atoms with Gasteiger partial charge in [-0.15, -0.1) is 0 Å². The van der Waals surface area contributed by atoms with Crippen LogP contribution in [0.2, 0.25) is 0 Å². The predicted octanol–water partition coefficient (Wildman–Crippen LogP) is 4.37. The number of carbonyl (C=O) groups excluding carboxylic acids is 2. The average Bonchev–Trinajstić information content (AvgIpc) is 3.51. The Hall–Kier alpha value is -0.0400. The van der Waals surface area contributed by atoms with E-state index in [-0.39, 0.29) is 22.1 Å². The Morgan fingerprint density at radius 3 is 1.34 bits per heavy atom. The van der Waals surface area contributed by atoms with Crippen molar-refractivity contribution in [2.24, 2.45) is 59.2 Å². The van der Waals surface area contributed by atoms with E-state index in [4.69, 9.17) is 0 Å². The Morgan fingerprint density at radius 1 is 0.594 bits per heavy atom. The fraction of sp³-hybridized carbons (Fsp3) is 0.923. The standard InChI is InChI=1S/C26H38O4S2/c1-11(27)31-15-7-17-13-3-19(21(17)9-15)23(5-13)25(29)26(30)24-6-14-4-20(24)22-10-16(8-18(14)22)32-12(2)28/h13-26,29-30H,3-10H2,1-2H3. The Kier molecular flexibility index (Phi) is 5.80. The highest BCUT2D eigenvalue weighted by Gasteiger charge is 2.61. The largest absolute Gasteiger partial charge is 0.390 e.